The zero-order valence-corrected chi connectivity index (χ0v) is 22.8. The summed E-state index contributed by atoms with van der Waals surface area (Å²) in [4.78, 5) is 22.6. The molecule has 1 aromatic heterocycles. The van der Waals surface area contributed by atoms with E-state index in [2.05, 4.69) is 30.9 Å². The Bertz CT molecular complexity index is 1330. The Labute approximate surface area is 216 Å². The number of aryl methyl sites for hydroxylation is 2. The van der Waals surface area contributed by atoms with Crippen molar-refractivity contribution >= 4 is 42.6 Å². The monoisotopic (exact) mass is 532 g/mol. The average molecular weight is 533 g/mol. The van der Waals surface area contributed by atoms with Crippen LogP contribution in [-0.2, 0) is 14.8 Å². The minimum Gasteiger partial charge on any atom is -0.309 e. The second kappa shape index (κ2) is 10.9. The standard InChI is InChI=1S/C26H33FN4O3S2/c1-18-6-11-23-24(19(18)2)28-26(35-23)31(15-5-14-29(3)4)25(32)20-12-16-30(17-13-20)36(33,34)22-9-7-21(27)8-10-22/h6-11,20H,5,12-17H2,1-4H3. The summed E-state index contributed by atoms with van der Waals surface area (Å²) in [6.07, 6.45) is 1.68. The number of aromatic nitrogens is 1. The summed E-state index contributed by atoms with van der Waals surface area (Å²) in [6, 6.07) is 9.00. The highest BCUT2D eigenvalue weighted by Crippen LogP contribution is 2.34. The van der Waals surface area contributed by atoms with Gasteiger partial charge in [0.05, 0.1) is 15.1 Å². The number of carbonyl (C=O) groups is 1. The molecule has 0 aliphatic carbocycles. The van der Waals surface area contributed by atoms with Crippen molar-refractivity contribution in [1.82, 2.24) is 14.2 Å². The van der Waals surface area contributed by atoms with Crippen LogP contribution < -0.4 is 4.90 Å². The third kappa shape index (κ3) is 5.61. The van der Waals surface area contributed by atoms with Gasteiger partial charge in [-0.15, -0.1) is 0 Å². The predicted molar refractivity (Wildman–Crippen MR) is 143 cm³/mol. The fraction of sp³-hybridized carbons (Fsp3) is 0.462. The van der Waals surface area contributed by atoms with E-state index in [9.17, 15) is 17.6 Å². The maximum absolute atomic E-state index is 13.7. The van der Waals surface area contributed by atoms with E-state index in [0.717, 1.165) is 40.9 Å². The summed E-state index contributed by atoms with van der Waals surface area (Å²) >= 11 is 1.53. The van der Waals surface area contributed by atoms with E-state index in [-0.39, 0.29) is 29.8 Å². The summed E-state index contributed by atoms with van der Waals surface area (Å²) in [5.74, 6) is -0.757. The van der Waals surface area contributed by atoms with Gasteiger partial charge in [0.2, 0.25) is 15.9 Å². The van der Waals surface area contributed by atoms with E-state index in [1.807, 2.05) is 14.1 Å². The number of carbonyl (C=O) groups excluding carboxylic acids is 1. The maximum Gasteiger partial charge on any atom is 0.243 e. The number of fused-ring (bicyclic) bond motifs is 1. The Morgan fingerprint density at radius 2 is 1.75 bits per heavy atom. The van der Waals surface area contributed by atoms with Crippen LogP contribution in [0, 0.1) is 25.6 Å². The van der Waals surface area contributed by atoms with Crippen molar-refractivity contribution < 1.29 is 17.6 Å². The molecule has 1 amide bonds. The fourth-order valence-electron chi connectivity index (χ4n) is 4.49. The van der Waals surface area contributed by atoms with Crippen molar-refractivity contribution in [3.8, 4) is 0 Å². The number of halogens is 1. The SMILES string of the molecule is Cc1ccc2sc(N(CCCN(C)C)C(=O)C3CCN(S(=O)(=O)c4ccc(F)cc4)CC3)nc2c1C. The first kappa shape index (κ1) is 26.7. The molecule has 10 heteroatoms. The highest BCUT2D eigenvalue weighted by Gasteiger charge is 2.35. The van der Waals surface area contributed by atoms with Gasteiger partial charge in [0, 0.05) is 25.6 Å². The number of hydrogen-bond acceptors (Lipinski definition) is 6. The summed E-state index contributed by atoms with van der Waals surface area (Å²) < 4.78 is 41.7. The van der Waals surface area contributed by atoms with Gasteiger partial charge in [-0.25, -0.2) is 17.8 Å². The topological polar surface area (TPSA) is 73.8 Å². The molecular weight excluding hydrogens is 499 g/mol. The van der Waals surface area contributed by atoms with Crippen LogP contribution in [0.2, 0.25) is 0 Å². The lowest BCUT2D eigenvalue weighted by Crippen LogP contribution is -2.45. The Kier molecular flexibility index (Phi) is 8.09. The van der Waals surface area contributed by atoms with Crippen LogP contribution in [0.3, 0.4) is 0 Å². The van der Waals surface area contributed by atoms with E-state index >= 15 is 0 Å². The Morgan fingerprint density at radius 3 is 2.39 bits per heavy atom. The van der Waals surface area contributed by atoms with Gasteiger partial charge in [-0.05, 0) is 95.2 Å². The summed E-state index contributed by atoms with van der Waals surface area (Å²) in [5.41, 5.74) is 3.22. The minimum absolute atomic E-state index is 0.000942. The van der Waals surface area contributed by atoms with Gasteiger partial charge in [0.15, 0.2) is 5.13 Å². The van der Waals surface area contributed by atoms with Gasteiger partial charge in [-0.3, -0.25) is 9.69 Å². The lowest BCUT2D eigenvalue weighted by atomic mass is 9.96. The normalized spacial score (nSPS) is 15.6. The molecule has 1 aliphatic rings. The highest BCUT2D eigenvalue weighted by molar-refractivity contribution is 7.89. The van der Waals surface area contributed by atoms with Gasteiger partial charge in [-0.2, -0.15) is 4.31 Å². The molecule has 2 heterocycles. The molecule has 194 valence electrons. The smallest absolute Gasteiger partial charge is 0.243 e. The first-order valence-electron chi connectivity index (χ1n) is 12.2. The molecule has 1 saturated heterocycles. The molecule has 1 fully saturated rings. The first-order chi connectivity index (χ1) is 17.1. The number of nitrogens with zero attached hydrogens (tertiary/aromatic N) is 4. The van der Waals surface area contributed by atoms with Crippen LogP contribution >= 0.6 is 11.3 Å². The summed E-state index contributed by atoms with van der Waals surface area (Å²) in [5, 5.41) is 0.698. The zero-order valence-electron chi connectivity index (χ0n) is 21.2. The molecule has 3 aromatic rings. The second-order valence-corrected chi connectivity index (χ2v) is 12.6. The predicted octanol–water partition coefficient (Wildman–Crippen LogP) is 4.44. The molecule has 0 N–H and O–H groups in total. The Balaban J connectivity index is 1.52. The molecule has 0 unspecified atom stereocenters. The Hall–Kier alpha value is -2.40. The van der Waals surface area contributed by atoms with Crippen LogP contribution in [0.5, 0.6) is 0 Å². The fourth-order valence-corrected chi connectivity index (χ4v) is 7.02. The van der Waals surface area contributed by atoms with E-state index in [4.69, 9.17) is 4.98 Å². The van der Waals surface area contributed by atoms with Crippen LogP contribution in [0.4, 0.5) is 9.52 Å². The van der Waals surface area contributed by atoms with Crippen molar-refractivity contribution in [3.05, 3.63) is 53.3 Å². The first-order valence-corrected chi connectivity index (χ1v) is 14.4. The van der Waals surface area contributed by atoms with E-state index < -0.39 is 15.8 Å². The number of benzene rings is 2. The molecule has 7 nitrogen and oxygen atoms in total. The average Bonchev–Trinajstić information content (AvgIpc) is 3.29. The molecule has 0 spiro atoms. The van der Waals surface area contributed by atoms with Gasteiger partial charge < -0.3 is 4.90 Å². The molecular formula is C26H33FN4O3S2. The second-order valence-electron chi connectivity index (χ2n) is 9.63. The summed E-state index contributed by atoms with van der Waals surface area (Å²) in [6.45, 7) is 6.02. The third-order valence-electron chi connectivity index (χ3n) is 6.81. The van der Waals surface area contributed by atoms with Crippen molar-refractivity contribution in [2.75, 3.05) is 45.2 Å². The van der Waals surface area contributed by atoms with Gasteiger partial charge in [0.25, 0.3) is 0 Å². The van der Waals surface area contributed by atoms with Gasteiger partial charge in [0.1, 0.15) is 5.82 Å². The number of anilines is 1. The van der Waals surface area contributed by atoms with Gasteiger partial charge in [-0.1, -0.05) is 17.4 Å². The number of sulfonamides is 1. The Morgan fingerprint density at radius 1 is 1.08 bits per heavy atom. The minimum atomic E-state index is -3.72. The number of hydrogen-bond donors (Lipinski definition) is 0. The molecule has 2 aromatic carbocycles. The largest absolute Gasteiger partial charge is 0.309 e. The van der Waals surface area contributed by atoms with E-state index in [1.165, 1.54) is 33.3 Å². The van der Waals surface area contributed by atoms with E-state index in [1.54, 1.807) is 4.90 Å². The number of rotatable bonds is 8. The lowest BCUT2D eigenvalue weighted by Gasteiger charge is -2.33. The van der Waals surface area contributed by atoms with Crippen molar-refractivity contribution in [2.24, 2.45) is 5.92 Å². The van der Waals surface area contributed by atoms with Crippen molar-refractivity contribution in [1.29, 1.82) is 0 Å². The molecule has 0 atom stereocenters. The quantitative estimate of drug-likeness (QED) is 0.429. The van der Waals surface area contributed by atoms with Crippen LogP contribution in [0.25, 0.3) is 10.2 Å². The molecule has 0 saturated carbocycles. The molecule has 36 heavy (non-hydrogen) atoms. The number of amides is 1. The van der Waals surface area contributed by atoms with Crippen LogP contribution in [0.15, 0.2) is 41.3 Å². The molecule has 1 aliphatic heterocycles. The zero-order chi connectivity index (χ0) is 26.0. The molecule has 0 radical (unpaired) electrons. The lowest BCUT2D eigenvalue weighted by molar-refractivity contribution is -0.123. The maximum atomic E-state index is 13.7. The van der Waals surface area contributed by atoms with Crippen LogP contribution in [0.1, 0.15) is 30.4 Å². The number of piperidine rings is 1. The van der Waals surface area contributed by atoms with Crippen molar-refractivity contribution in [2.45, 2.75) is 38.0 Å². The molecule has 4 rings (SSSR count). The van der Waals surface area contributed by atoms with Gasteiger partial charge >= 0.3 is 0 Å². The summed E-state index contributed by atoms with van der Waals surface area (Å²) in [7, 11) is 0.290. The highest BCUT2D eigenvalue weighted by atomic mass is 32.2. The molecule has 0 bridgehead atoms. The van der Waals surface area contributed by atoms with E-state index in [0.29, 0.717) is 24.5 Å². The van der Waals surface area contributed by atoms with Crippen LogP contribution in [-0.4, -0.2) is 68.8 Å². The third-order valence-corrected chi connectivity index (χ3v) is 9.77. The number of thiazole rings is 1. The van der Waals surface area contributed by atoms with Crippen molar-refractivity contribution in [3.63, 3.8) is 0 Å².